The van der Waals surface area contributed by atoms with Crippen LogP contribution in [0.4, 0.5) is 4.39 Å². The number of hydrogen-bond acceptors (Lipinski definition) is 2. The molecule has 0 bridgehead atoms. The number of benzene rings is 2. The molecule has 1 N–H and O–H groups in total. The molecule has 1 saturated carbocycles. The Bertz CT molecular complexity index is 1410. The van der Waals surface area contributed by atoms with Gasteiger partial charge in [-0.05, 0) is 68.0 Å². The van der Waals surface area contributed by atoms with Crippen molar-refractivity contribution in [3.63, 3.8) is 0 Å². The van der Waals surface area contributed by atoms with Gasteiger partial charge in [0.25, 0.3) is 11.5 Å². The SMILES string of the molecule is Cc1c(C(=O)N[C@H](c2cccc(F)c2)C2CCC2)c(C)n(-c2ccccc2)c(=O)c1C#C[Si](C)(C)C. The number of para-hydroxylation sites is 1. The number of amides is 1. The van der Waals surface area contributed by atoms with Crippen LogP contribution in [0.3, 0.4) is 0 Å². The highest BCUT2D eigenvalue weighted by molar-refractivity contribution is 6.83. The molecule has 6 heteroatoms. The van der Waals surface area contributed by atoms with Crippen molar-refractivity contribution in [3.8, 4) is 17.2 Å². The second-order valence-electron chi connectivity index (χ2n) is 10.6. The molecule has 0 saturated heterocycles. The molecule has 0 unspecified atom stereocenters. The summed E-state index contributed by atoms with van der Waals surface area (Å²) < 4.78 is 15.6. The molecular weight excluding hydrogens is 467 g/mol. The summed E-state index contributed by atoms with van der Waals surface area (Å²) in [6.45, 7) is 9.96. The van der Waals surface area contributed by atoms with E-state index in [0.29, 0.717) is 28.1 Å². The molecule has 1 amide bonds. The highest BCUT2D eigenvalue weighted by Crippen LogP contribution is 2.38. The van der Waals surface area contributed by atoms with E-state index in [1.54, 1.807) is 24.5 Å². The van der Waals surface area contributed by atoms with Crippen LogP contribution in [0.1, 0.15) is 58.0 Å². The molecule has 2 aromatic carbocycles. The average Bonchev–Trinajstić information content (AvgIpc) is 2.77. The summed E-state index contributed by atoms with van der Waals surface area (Å²) in [5, 5.41) is 3.20. The van der Waals surface area contributed by atoms with Gasteiger partial charge in [0.15, 0.2) is 0 Å². The molecule has 3 aromatic rings. The van der Waals surface area contributed by atoms with Gasteiger partial charge < -0.3 is 5.32 Å². The van der Waals surface area contributed by atoms with E-state index in [1.165, 1.54) is 12.1 Å². The number of carbonyl (C=O) groups is 1. The van der Waals surface area contributed by atoms with Gasteiger partial charge in [-0.2, -0.15) is 0 Å². The molecule has 1 aliphatic rings. The Kier molecular flexibility index (Phi) is 7.32. The Hall–Kier alpha value is -3.43. The number of rotatable bonds is 5. The fourth-order valence-electron chi connectivity index (χ4n) is 4.71. The van der Waals surface area contributed by atoms with Crippen molar-refractivity contribution in [1.82, 2.24) is 9.88 Å². The largest absolute Gasteiger partial charge is 0.345 e. The summed E-state index contributed by atoms with van der Waals surface area (Å²) in [6, 6.07) is 15.5. The summed E-state index contributed by atoms with van der Waals surface area (Å²) in [6.07, 6.45) is 3.06. The van der Waals surface area contributed by atoms with Crippen LogP contribution in [0, 0.1) is 37.0 Å². The fourth-order valence-corrected chi connectivity index (χ4v) is 5.21. The van der Waals surface area contributed by atoms with Gasteiger partial charge in [0.2, 0.25) is 0 Å². The van der Waals surface area contributed by atoms with Crippen molar-refractivity contribution in [3.05, 3.63) is 98.7 Å². The quantitative estimate of drug-likeness (QED) is 0.340. The Labute approximate surface area is 213 Å². The van der Waals surface area contributed by atoms with E-state index in [4.69, 9.17) is 0 Å². The second-order valence-corrected chi connectivity index (χ2v) is 15.4. The number of pyridine rings is 1. The van der Waals surface area contributed by atoms with E-state index in [2.05, 4.69) is 36.4 Å². The van der Waals surface area contributed by atoms with Crippen molar-refractivity contribution >= 4 is 14.0 Å². The van der Waals surface area contributed by atoms with Gasteiger partial charge in [-0.25, -0.2) is 4.39 Å². The Morgan fingerprint density at radius 3 is 2.36 bits per heavy atom. The second kappa shape index (κ2) is 10.3. The first-order valence-corrected chi connectivity index (χ1v) is 16.0. The Morgan fingerprint density at radius 2 is 1.78 bits per heavy atom. The highest BCUT2D eigenvalue weighted by Gasteiger charge is 2.32. The van der Waals surface area contributed by atoms with Crippen LogP contribution in [0.25, 0.3) is 5.69 Å². The lowest BCUT2D eigenvalue weighted by Gasteiger charge is -2.35. The molecule has 0 aliphatic heterocycles. The van der Waals surface area contributed by atoms with Crippen molar-refractivity contribution in [1.29, 1.82) is 0 Å². The van der Waals surface area contributed by atoms with Gasteiger partial charge in [-0.15, -0.1) is 5.54 Å². The van der Waals surface area contributed by atoms with Crippen LogP contribution in [-0.4, -0.2) is 18.5 Å². The van der Waals surface area contributed by atoms with E-state index in [-0.39, 0.29) is 29.2 Å². The highest BCUT2D eigenvalue weighted by atomic mass is 28.3. The summed E-state index contributed by atoms with van der Waals surface area (Å²) >= 11 is 0. The maximum absolute atomic E-state index is 14.1. The van der Waals surface area contributed by atoms with Crippen molar-refractivity contribution in [2.45, 2.75) is 58.8 Å². The standard InChI is InChI=1S/C30H33FN2O2Si/c1-20-26(17-18-36(3,4)5)30(35)33(25-15-7-6-8-16-25)21(2)27(20)29(34)32-28(22-11-9-12-22)23-13-10-14-24(31)19-23/h6-8,10,13-16,19,22,28H,9,11-12H2,1-5H3,(H,32,34)/t28-/m0/s1. The molecule has 1 aromatic heterocycles. The number of aromatic nitrogens is 1. The fraction of sp³-hybridized carbons (Fsp3) is 0.333. The molecule has 0 spiro atoms. The number of carbonyl (C=O) groups excluding carboxylic acids is 1. The monoisotopic (exact) mass is 500 g/mol. The van der Waals surface area contributed by atoms with E-state index < -0.39 is 8.07 Å². The van der Waals surface area contributed by atoms with Crippen LogP contribution < -0.4 is 10.9 Å². The molecule has 186 valence electrons. The zero-order valence-electron chi connectivity index (χ0n) is 21.6. The minimum absolute atomic E-state index is 0.223. The molecule has 1 aliphatic carbocycles. The lowest BCUT2D eigenvalue weighted by atomic mass is 9.77. The normalized spacial score (nSPS) is 14.4. The van der Waals surface area contributed by atoms with Crippen molar-refractivity contribution in [2.24, 2.45) is 5.92 Å². The molecule has 4 rings (SSSR count). The van der Waals surface area contributed by atoms with E-state index >= 15 is 0 Å². The van der Waals surface area contributed by atoms with Gasteiger partial charge in [0.05, 0.1) is 17.2 Å². The minimum Gasteiger partial charge on any atom is -0.345 e. The average molecular weight is 501 g/mol. The third kappa shape index (κ3) is 5.37. The van der Waals surface area contributed by atoms with Crippen LogP contribution in [-0.2, 0) is 0 Å². The predicted octanol–water partition coefficient (Wildman–Crippen LogP) is 6.09. The molecule has 1 atom stereocenters. The maximum atomic E-state index is 14.1. The summed E-state index contributed by atoms with van der Waals surface area (Å²) in [5.74, 6) is 2.80. The first kappa shape index (κ1) is 25.7. The molecular formula is C30H33FN2O2Si. The topological polar surface area (TPSA) is 51.1 Å². The smallest absolute Gasteiger partial charge is 0.271 e. The van der Waals surface area contributed by atoms with Crippen molar-refractivity contribution in [2.75, 3.05) is 0 Å². The van der Waals surface area contributed by atoms with Crippen LogP contribution in [0.2, 0.25) is 19.6 Å². The van der Waals surface area contributed by atoms with Crippen LogP contribution in [0.5, 0.6) is 0 Å². The zero-order valence-corrected chi connectivity index (χ0v) is 22.6. The van der Waals surface area contributed by atoms with Crippen LogP contribution in [0.15, 0.2) is 59.4 Å². The van der Waals surface area contributed by atoms with Gasteiger partial charge >= 0.3 is 0 Å². The Balaban J connectivity index is 1.86. The van der Waals surface area contributed by atoms with Gasteiger partial charge in [0, 0.05) is 11.4 Å². The predicted molar refractivity (Wildman–Crippen MR) is 146 cm³/mol. The van der Waals surface area contributed by atoms with Crippen molar-refractivity contribution < 1.29 is 9.18 Å². The van der Waals surface area contributed by atoms with E-state index in [9.17, 15) is 14.0 Å². The third-order valence-electron chi connectivity index (χ3n) is 6.78. The first-order chi connectivity index (χ1) is 17.1. The number of nitrogens with one attached hydrogen (secondary N) is 1. The molecule has 1 fully saturated rings. The Morgan fingerprint density at radius 1 is 1.08 bits per heavy atom. The van der Waals surface area contributed by atoms with Gasteiger partial charge in [0.1, 0.15) is 13.9 Å². The zero-order chi connectivity index (χ0) is 26.0. The molecule has 36 heavy (non-hydrogen) atoms. The lowest BCUT2D eigenvalue weighted by molar-refractivity contribution is 0.0898. The van der Waals surface area contributed by atoms with Gasteiger partial charge in [-0.1, -0.05) is 62.3 Å². The number of halogens is 1. The molecule has 1 heterocycles. The van der Waals surface area contributed by atoms with Crippen LogP contribution >= 0.6 is 0 Å². The number of hydrogen-bond donors (Lipinski definition) is 1. The summed E-state index contributed by atoms with van der Waals surface area (Å²) in [5.41, 5.74) is 6.46. The maximum Gasteiger partial charge on any atom is 0.271 e. The van der Waals surface area contributed by atoms with E-state index in [0.717, 1.165) is 24.8 Å². The third-order valence-corrected chi connectivity index (χ3v) is 7.66. The molecule has 4 nitrogen and oxygen atoms in total. The lowest BCUT2D eigenvalue weighted by Crippen LogP contribution is -2.38. The van der Waals surface area contributed by atoms with Gasteiger partial charge in [-0.3, -0.25) is 14.2 Å². The number of nitrogens with zero attached hydrogens (tertiary/aromatic N) is 1. The summed E-state index contributed by atoms with van der Waals surface area (Å²) in [4.78, 5) is 27.5. The minimum atomic E-state index is -1.77. The summed E-state index contributed by atoms with van der Waals surface area (Å²) in [7, 11) is -1.77. The molecule has 0 radical (unpaired) electrons. The first-order valence-electron chi connectivity index (χ1n) is 12.5. The van der Waals surface area contributed by atoms with E-state index in [1.807, 2.05) is 36.4 Å².